The maximum atomic E-state index is 5.38. The minimum atomic E-state index is 0. The molecule has 0 aliphatic carbocycles. The van der Waals surface area contributed by atoms with E-state index < -0.39 is 0 Å². The molecule has 1 unspecified atom stereocenters. The molecule has 1 aliphatic rings. The van der Waals surface area contributed by atoms with Crippen molar-refractivity contribution in [3.63, 3.8) is 0 Å². The molecule has 20 heavy (non-hydrogen) atoms. The fourth-order valence-corrected chi connectivity index (χ4v) is 2.02. The lowest BCUT2D eigenvalue weighted by atomic mass is 10.1. The Morgan fingerprint density at radius 1 is 1.30 bits per heavy atom. The molecule has 6 heteroatoms. The van der Waals surface area contributed by atoms with Gasteiger partial charge in [-0.1, -0.05) is 0 Å². The zero-order valence-electron chi connectivity index (χ0n) is 13.5. The Balaban J connectivity index is 0.00000361. The van der Waals surface area contributed by atoms with Crippen LogP contribution in [0.4, 0.5) is 0 Å². The largest absolute Gasteiger partial charge is 0.379 e. The lowest BCUT2D eigenvalue weighted by Crippen LogP contribution is -2.48. The highest BCUT2D eigenvalue weighted by Crippen LogP contribution is 2.04. The average Bonchev–Trinajstić information content (AvgIpc) is 2.35. The number of aliphatic imine (C=N–C) groups is 1. The van der Waals surface area contributed by atoms with Gasteiger partial charge in [-0.15, -0.1) is 24.0 Å². The number of nitrogens with one attached hydrogen (secondary N) is 2. The Morgan fingerprint density at radius 3 is 2.40 bits per heavy atom. The third kappa shape index (κ3) is 8.26. The molecule has 0 radical (unpaired) electrons. The Morgan fingerprint density at radius 2 is 1.90 bits per heavy atom. The van der Waals surface area contributed by atoms with E-state index in [4.69, 9.17) is 4.74 Å². The lowest BCUT2D eigenvalue weighted by Gasteiger charge is -2.31. The van der Waals surface area contributed by atoms with Gasteiger partial charge in [-0.05, 0) is 34.6 Å². The predicted octanol–water partition coefficient (Wildman–Crippen LogP) is 1.68. The number of rotatable bonds is 4. The summed E-state index contributed by atoms with van der Waals surface area (Å²) < 4.78 is 5.38. The van der Waals surface area contributed by atoms with Crippen LogP contribution in [-0.2, 0) is 4.74 Å². The molecule has 0 amide bonds. The van der Waals surface area contributed by atoms with Crippen molar-refractivity contribution < 1.29 is 4.74 Å². The molecule has 120 valence electrons. The summed E-state index contributed by atoms with van der Waals surface area (Å²) in [6.07, 6.45) is 0. The quantitative estimate of drug-likeness (QED) is 0.430. The summed E-state index contributed by atoms with van der Waals surface area (Å²) in [6, 6.07) is 0.458. The molecule has 1 fully saturated rings. The Hall–Kier alpha value is -0.0800. The van der Waals surface area contributed by atoms with Crippen molar-refractivity contribution in [2.45, 2.75) is 46.2 Å². The van der Waals surface area contributed by atoms with E-state index in [9.17, 15) is 0 Å². The van der Waals surface area contributed by atoms with Gasteiger partial charge in [0.1, 0.15) is 0 Å². The molecule has 1 heterocycles. The third-order valence-electron chi connectivity index (χ3n) is 3.02. The minimum absolute atomic E-state index is 0. The maximum absolute atomic E-state index is 5.38. The molecule has 0 aromatic rings. The highest BCUT2D eigenvalue weighted by molar-refractivity contribution is 14.0. The van der Waals surface area contributed by atoms with Crippen LogP contribution in [0.2, 0.25) is 0 Å². The summed E-state index contributed by atoms with van der Waals surface area (Å²) in [7, 11) is 0. The van der Waals surface area contributed by atoms with Crippen LogP contribution in [0.3, 0.4) is 0 Å². The molecule has 1 rings (SSSR count). The molecule has 1 atom stereocenters. The zero-order chi connectivity index (χ0) is 14.3. The van der Waals surface area contributed by atoms with Crippen molar-refractivity contribution in [2.24, 2.45) is 4.99 Å². The lowest BCUT2D eigenvalue weighted by molar-refractivity contribution is 0.0220. The fourth-order valence-electron chi connectivity index (χ4n) is 2.02. The Kier molecular flexibility index (Phi) is 9.74. The summed E-state index contributed by atoms with van der Waals surface area (Å²) in [5, 5.41) is 6.70. The minimum Gasteiger partial charge on any atom is -0.379 e. The second kappa shape index (κ2) is 9.78. The van der Waals surface area contributed by atoms with Crippen LogP contribution >= 0.6 is 24.0 Å². The molecule has 0 aromatic carbocycles. The van der Waals surface area contributed by atoms with Crippen molar-refractivity contribution in [3.05, 3.63) is 0 Å². The number of guanidine groups is 1. The van der Waals surface area contributed by atoms with Gasteiger partial charge in [0.15, 0.2) is 5.96 Å². The van der Waals surface area contributed by atoms with E-state index in [0.29, 0.717) is 6.04 Å². The van der Waals surface area contributed by atoms with Crippen LogP contribution in [0, 0.1) is 0 Å². The van der Waals surface area contributed by atoms with Crippen LogP contribution in [0.1, 0.15) is 34.6 Å². The van der Waals surface area contributed by atoms with E-state index in [1.807, 2.05) is 0 Å². The van der Waals surface area contributed by atoms with Crippen LogP contribution in [0.25, 0.3) is 0 Å². The molecule has 0 spiro atoms. The van der Waals surface area contributed by atoms with Crippen molar-refractivity contribution in [1.82, 2.24) is 15.5 Å². The van der Waals surface area contributed by atoms with Gasteiger partial charge in [-0.2, -0.15) is 0 Å². The van der Waals surface area contributed by atoms with Crippen molar-refractivity contribution in [2.75, 3.05) is 39.4 Å². The molecule has 0 aromatic heterocycles. The first kappa shape index (κ1) is 19.9. The van der Waals surface area contributed by atoms with Gasteiger partial charge in [-0.3, -0.25) is 9.89 Å². The van der Waals surface area contributed by atoms with E-state index >= 15 is 0 Å². The molecule has 1 aliphatic heterocycles. The number of nitrogens with zero attached hydrogens (tertiary/aromatic N) is 2. The average molecular weight is 398 g/mol. The molecular weight excluding hydrogens is 367 g/mol. The fraction of sp³-hybridized carbons (Fsp3) is 0.929. The van der Waals surface area contributed by atoms with Gasteiger partial charge >= 0.3 is 0 Å². The Labute approximate surface area is 140 Å². The first-order valence-corrected chi connectivity index (χ1v) is 7.30. The molecular formula is C14H31IN4O. The molecule has 0 saturated carbocycles. The summed E-state index contributed by atoms with van der Waals surface area (Å²) in [5.41, 5.74) is 0.0310. The van der Waals surface area contributed by atoms with Crippen LogP contribution in [0.15, 0.2) is 4.99 Å². The van der Waals surface area contributed by atoms with Gasteiger partial charge in [-0.25, -0.2) is 0 Å². The molecule has 5 nitrogen and oxygen atoms in total. The molecule has 2 N–H and O–H groups in total. The van der Waals surface area contributed by atoms with Crippen LogP contribution < -0.4 is 10.6 Å². The van der Waals surface area contributed by atoms with Crippen LogP contribution in [-0.4, -0.2) is 61.8 Å². The Bertz CT molecular complexity index is 285. The number of hydrogen-bond donors (Lipinski definition) is 2. The van der Waals surface area contributed by atoms with Gasteiger partial charge in [0.05, 0.1) is 19.8 Å². The molecule has 1 saturated heterocycles. The summed E-state index contributed by atoms with van der Waals surface area (Å²) >= 11 is 0. The number of halogens is 1. The summed E-state index contributed by atoms with van der Waals surface area (Å²) in [4.78, 5) is 7.12. The van der Waals surface area contributed by atoms with E-state index in [0.717, 1.165) is 45.4 Å². The number of ether oxygens (including phenoxy) is 1. The zero-order valence-corrected chi connectivity index (χ0v) is 15.9. The van der Waals surface area contributed by atoms with E-state index in [1.165, 1.54) is 0 Å². The monoisotopic (exact) mass is 398 g/mol. The summed E-state index contributed by atoms with van der Waals surface area (Å²) in [6.45, 7) is 16.2. The maximum Gasteiger partial charge on any atom is 0.191 e. The van der Waals surface area contributed by atoms with Crippen molar-refractivity contribution in [3.8, 4) is 0 Å². The number of morpholine rings is 1. The predicted molar refractivity (Wildman–Crippen MR) is 96.1 cm³/mol. The second-order valence-electron chi connectivity index (χ2n) is 6.09. The van der Waals surface area contributed by atoms with E-state index in [2.05, 4.69) is 55.1 Å². The third-order valence-corrected chi connectivity index (χ3v) is 3.02. The van der Waals surface area contributed by atoms with Gasteiger partial charge in [0.25, 0.3) is 0 Å². The van der Waals surface area contributed by atoms with Gasteiger partial charge < -0.3 is 15.4 Å². The summed E-state index contributed by atoms with van der Waals surface area (Å²) in [5.74, 6) is 0.898. The second-order valence-corrected chi connectivity index (χ2v) is 6.09. The first-order valence-electron chi connectivity index (χ1n) is 7.30. The van der Waals surface area contributed by atoms with Crippen molar-refractivity contribution >= 4 is 29.9 Å². The van der Waals surface area contributed by atoms with Crippen molar-refractivity contribution in [1.29, 1.82) is 0 Å². The standard InChI is InChI=1S/C14H30N4O.HI/c1-6-15-13(17-14(3,4)5)16-11-12(2)18-7-9-19-10-8-18;/h12H,6-11H2,1-5H3,(H2,15,16,17);1H. The smallest absolute Gasteiger partial charge is 0.191 e. The van der Waals surface area contributed by atoms with Crippen LogP contribution in [0.5, 0.6) is 0 Å². The van der Waals surface area contributed by atoms with E-state index in [-0.39, 0.29) is 29.5 Å². The highest BCUT2D eigenvalue weighted by Gasteiger charge is 2.17. The first-order chi connectivity index (χ1) is 8.92. The number of hydrogen-bond acceptors (Lipinski definition) is 3. The molecule has 0 bridgehead atoms. The SMILES string of the molecule is CCNC(=NCC(C)N1CCOCC1)NC(C)(C)C.I. The van der Waals surface area contributed by atoms with E-state index in [1.54, 1.807) is 0 Å². The topological polar surface area (TPSA) is 48.9 Å². The highest BCUT2D eigenvalue weighted by atomic mass is 127. The normalized spacial score (nSPS) is 19.1. The van der Waals surface area contributed by atoms with Gasteiger partial charge in [0, 0.05) is 31.2 Å². The van der Waals surface area contributed by atoms with Gasteiger partial charge in [0.2, 0.25) is 0 Å².